The molecule has 0 bridgehead atoms. The molecule has 0 saturated heterocycles. The van der Waals surface area contributed by atoms with E-state index in [4.69, 9.17) is 5.73 Å². The predicted octanol–water partition coefficient (Wildman–Crippen LogP) is 2.68. The first-order valence-corrected chi connectivity index (χ1v) is 5.50. The fraction of sp³-hybridized carbons (Fsp3) is 0.385. The number of aryl methyl sites for hydroxylation is 1. The Hall–Kier alpha value is -1.15. The molecule has 0 saturated carbocycles. The summed E-state index contributed by atoms with van der Waals surface area (Å²) in [5.41, 5.74) is 8.12. The molecule has 0 fully saturated rings. The van der Waals surface area contributed by atoms with Crippen LogP contribution in [0.4, 0.5) is 4.39 Å². The van der Waals surface area contributed by atoms with Crippen molar-refractivity contribution in [2.45, 2.75) is 25.7 Å². The Morgan fingerprint density at radius 1 is 1.27 bits per heavy atom. The molecule has 2 N–H and O–H groups in total. The maximum absolute atomic E-state index is 14.0. The molecule has 0 atom stereocenters. The molecular formula is C13H16FN. The summed E-state index contributed by atoms with van der Waals surface area (Å²) in [5.74, 6) is -0.0445. The number of nitrogens with two attached hydrogens (primary N) is 1. The van der Waals surface area contributed by atoms with Gasteiger partial charge >= 0.3 is 0 Å². The van der Waals surface area contributed by atoms with Crippen LogP contribution in [0.2, 0.25) is 0 Å². The topological polar surface area (TPSA) is 26.0 Å². The van der Waals surface area contributed by atoms with Crippen molar-refractivity contribution >= 4 is 6.08 Å². The largest absolute Gasteiger partial charge is 0.327 e. The summed E-state index contributed by atoms with van der Waals surface area (Å²) in [6, 6.07) is 3.90. The molecule has 0 radical (unpaired) electrons. The average Bonchev–Trinajstić information content (AvgIpc) is 2.29. The molecule has 2 rings (SSSR count). The van der Waals surface area contributed by atoms with Crippen molar-refractivity contribution in [2.24, 2.45) is 5.73 Å². The zero-order valence-electron chi connectivity index (χ0n) is 8.80. The highest BCUT2D eigenvalue weighted by Gasteiger charge is 2.14. The first kappa shape index (κ1) is 10.4. The molecule has 0 amide bonds. The number of hydrogen-bond donors (Lipinski definition) is 1. The highest BCUT2D eigenvalue weighted by molar-refractivity contribution is 5.53. The number of hydrogen-bond acceptors (Lipinski definition) is 1. The van der Waals surface area contributed by atoms with E-state index in [1.54, 1.807) is 12.2 Å². The minimum absolute atomic E-state index is 0.0445. The quantitative estimate of drug-likeness (QED) is 0.789. The van der Waals surface area contributed by atoms with Gasteiger partial charge in [0.15, 0.2) is 0 Å². The molecule has 1 aromatic rings. The number of halogens is 1. The third kappa shape index (κ3) is 2.10. The minimum Gasteiger partial charge on any atom is -0.327 e. The van der Waals surface area contributed by atoms with Gasteiger partial charge in [-0.2, -0.15) is 0 Å². The summed E-state index contributed by atoms with van der Waals surface area (Å²) < 4.78 is 14.0. The van der Waals surface area contributed by atoms with E-state index in [0.717, 1.165) is 24.8 Å². The van der Waals surface area contributed by atoms with Gasteiger partial charge in [0, 0.05) is 12.1 Å². The third-order valence-electron chi connectivity index (χ3n) is 2.93. The van der Waals surface area contributed by atoms with Crippen LogP contribution in [0.3, 0.4) is 0 Å². The first-order valence-electron chi connectivity index (χ1n) is 5.50. The van der Waals surface area contributed by atoms with Gasteiger partial charge in [-0.05, 0) is 36.8 Å². The van der Waals surface area contributed by atoms with Gasteiger partial charge in [-0.15, -0.1) is 0 Å². The van der Waals surface area contributed by atoms with E-state index in [0.29, 0.717) is 12.1 Å². The molecule has 1 nitrogen and oxygen atoms in total. The van der Waals surface area contributed by atoms with E-state index in [-0.39, 0.29) is 5.82 Å². The van der Waals surface area contributed by atoms with Gasteiger partial charge in [-0.25, -0.2) is 4.39 Å². The SMILES string of the molecule is NC/C=C/c1ccc2c(c1F)CCCC2. The fourth-order valence-corrected chi connectivity index (χ4v) is 2.12. The van der Waals surface area contributed by atoms with E-state index in [2.05, 4.69) is 0 Å². The molecular weight excluding hydrogens is 189 g/mol. The van der Waals surface area contributed by atoms with Crippen LogP contribution in [0.1, 0.15) is 29.5 Å². The molecule has 0 aliphatic heterocycles. The lowest BCUT2D eigenvalue weighted by Gasteiger charge is -2.17. The van der Waals surface area contributed by atoms with Crippen molar-refractivity contribution in [1.82, 2.24) is 0 Å². The van der Waals surface area contributed by atoms with Crippen LogP contribution >= 0.6 is 0 Å². The lowest BCUT2D eigenvalue weighted by molar-refractivity contribution is 0.576. The molecule has 2 heteroatoms. The van der Waals surface area contributed by atoms with E-state index in [1.165, 1.54) is 12.0 Å². The lowest BCUT2D eigenvalue weighted by Crippen LogP contribution is -2.06. The Bertz CT molecular complexity index is 382. The Kier molecular flexibility index (Phi) is 3.17. The smallest absolute Gasteiger partial charge is 0.133 e. The van der Waals surface area contributed by atoms with Crippen molar-refractivity contribution in [2.75, 3.05) is 6.54 Å². The summed E-state index contributed by atoms with van der Waals surface area (Å²) in [6.45, 7) is 0.455. The first-order chi connectivity index (χ1) is 7.33. The molecule has 1 aliphatic carbocycles. The van der Waals surface area contributed by atoms with Gasteiger partial charge in [0.25, 0.3) is 0 Å². The normalized spacial score (nSPS) is 15.6. The summed E-state index contributed by atoms with van der Waals surface area (Å²) in [4.78, 5) is 0. The number of fused-ring (bicyclic) bond motifs is 1. The Morgan fingerprint density at radius 2 is 2.07 bits per heavy atom. The van der Waals surface area contributed by atoms with Gasteiger partial charge < -0.3 is 5.73 Å². The number of rotatable bonds is 2. The van der Waals surface area contributed by atoms with Crippen molar-refractivity contribution in [3.63, 3.8) is 0 Å². The van der Waals surface area contributed by atoms with Gasteiger partial charge in [0.2, 0.25) is 0 Å². The van der Waals surface area contributed by atoms with Crippen LogP contribution in [-0.2, 0) is 12.8 Å². The zero-order valence-corrected chi connectivity index (χ0v) is 8.80. The monoisotopic (exact) mass is 205 g/mol. The minimum atomic E-state index is -0.0445. The van der Waals surface area contributed by atoms with Gasteiger partial charge in [-0.3, -0.25) is 0 Å². The van der Waals surface area contributed by atoms with E-state index >= 15 is 0 Å². The molecule has 0 spiro atoms. The maximum Gasteiger partial charge on any atom is 0.133 e. The second-order valence-corrected chi connectivity index (χ2v) is 3.95. The van der Waals surface area contributed by atoms with Crippen molar-refractivity contribution in [1.29, 1.82) is 0 Å². The predicted molar refractivity (Wildman–Crippen MR) is 61.1 cm³/mol. The van der Waals surface area contributed by atoms with Crippen molar-refractivity contribution in [3.05, 3.63) is 40.7 Å². The van der Waals surface area contributed by atoms with Crippen molar-refractivity contribution < 1.29 is 4.39 Å². The molecule has 80 valence electrons. The maximum atomic E-state index is 14.0. The van der Waals surface area contributed by atoms with Crippen LogP contribution in [0, 0.1) is 5.82 Å². The van der Waals surface area contributed by atoms with E-state index in [9.17, 15) is 4.39 Å². The molecule has 15 heavy (non-hydrogen) atoms. The molecule has 0 unspecified atom stereocenters. The van der Waals surface area contributed by atoms with Gasteiger partial charge in [-0.1, -0.05) is 24.3 Å². The highest BCUT2D eigenvalue weighted by Crippen LogP contribution is 2.26. The van der Waals surface area contributed by atoms with Crippen molar-refractivity contribution in [3.8, 4) is 0 Å². The van der Waals surface area contributed by atoms with Crippen LogP contribution in [0.25, 0.3) is 6.08 Å². The van der Waals surface area contributed by atoms with Gasteiger partial charge in [0.05, 0.1) is 0 Å². The second-order valence-electron chi connectivity index (χ2n) is 3.95. The average molecular weight is 205 g/mol. The van der Waals surface area contributed by atoms with Crippen LogP contribution in [0.5, 0.6) is 0 Å². The third-order valence-corrected chi connectivity index (χ3v) is 2.93. The summed E-state index contributed by atoms with van der Waals surface area (Å²) in [6.07, 6.45) is 7.74. The van der Waals surface area contributed by atoms with E-state index in [1.807, 2.05) is 12.1 Å². The molecule has 1 aromatic carbocycles. The second kappa shape index (κ2) is 4.58. The molecule has 0 heterocycles. The lowest BCUT2D eigenvalue weighted by atomic mass is 9.90. The van der Waals surface area contributed by atoms with Gasteiger partial charge in [0.1, 0.15) is 5.82 Å². The highest BCUT2D eigenvalue weighted by atomic mass is 19.1. The number of benzene rings is 1. The Balaban J connectivity index is 2.38. The summed E-state index contributed by atoms with van der Waals surface area (Å²) in [5, 5.41) is 0. The van der Waals surface area contributed by atoms with Crippen LogP contribution in [-0.4, -0.2) is 6.54 Å². The molecule has 0 aromatic heterocycles. The fourth-order valence-electron chi connectivity index (χ4n) is 2.12. The molecule has 1 aliphatic rings. The van der Waals surface area contributed by atoms with Crippen LogP contribution < -0.4 is 5.73 Å². The zero-order chi connectivity index (χ0) is 10.7. The Morgan fingerprint density at radius 3 is 2.87 bits per heavy atom. The van der Waals surface area contributed by atoms with Crippen LogP contribution in [0.15, 0.2) is 18.2 Å². The summed E-state index contributed by atoms with van der Waals surface area (Å²) in [7, 11) is 0. The summed E-state index contributed by atoms with van der Waals surface area (Å²) >= 11 is 0. The Labute approximate surface area is 89.8 Å². The standard InChI is InChI=1S/C13H16FN/c14-13-11(5-3-9-15)8-7-10-4-1-2-6-12(10)13/h3,5,7-8H,1-2,4,6,9,15H2/b5-3+. The van der Waals surface area contributed by atoms with E-state index < -0.39 is 0 Å².